The van der Waals surface area contributed by atoms with E-state index in [1.54, 1.807) is 0 Å². The first kappa shape index (κ1) is 10.4. The van der Waals surface area contributed by atoms with Gasteiger partial charge in [0.25, 0.3) is 0 Å². The fourth-order valence-corrected chi connectivity index (χ4v) is 1.86. The summed E-state index contributed by atoms with van der Waals surface area (Å²) in [6.45, 7) is 0.752. The number of ether oxygens (including phenoxy) is 1. The van der Waals surface area contributed by atoms with Crippen molar-refractivity contribution in [1.29, 1.82) is 0 Å². The first-order valence-corrected chi connectivity index (χ1v) is 5.35. The summed E-state index contributed by atoms with van der Waals surface area (Å²) < 4.78 is 5.76. The van der Waals surface area contributed by atoms with Gasteiger partial charge >= 0.3 is 0 Å². The van der Waals surface area contributed by atoms with Gasteiger partial charge in [0.2, 0.25) is 0 Å². The van der Waals surface area contributed by atoms with Crippen LogP contribution in [0.2, 0.25) is 0 Å². The Labute approximate surface area is 90.2 Å². The summed E-state index contributed by atoms with van der Waals surface area (Å²) in [5, 5.41) is 9.09. The van der Waals surface area contributed by atoms with Crippen LogP contribution >= 0.6 is 0 Å². The largest absolute Gasteiger partial charge is 0.392 e. The van der Waals surface area contributed by atoms with Crippen molar-refractivity contribution in [2.45, 2.75) is 25.6 Å². The molecule has 0 saturated heterocycles. The third kappa shape index (κ3) is 2.67. The first-order valence-electron chi connectivity index (χ1n) is 5.35. The molecule has 80 valence electrons. The molecule has 0 amide bonds. The number of hydrogen-bond acceptors (Lipinski definition) is 2. The van der Waals surface area contributed by atoms with Gasteiger partial charge in [-0.05, 0) is 24.0 Å². The lowest BCUT2D eigenvalue weighted by Gasteiger charge is -2.14. The standard InChI is InChI=1S/C13H16O2/c14-9-12-7-4-8-13(12)15-10-11-5-2-1-3-6-11/h1-3,5-7,13-14H,4,8-10H2. The molecule has 0 fully saturated rings. The fourth-order valence-electron chi connectivity index (χ4n) is 1.86. The lowest BCUT2D eigenvalue weighted by Crippen LogP contribution is -2.14. The van der Waals surface area contributed by atoms with Crippen LogP contribution in [0.3, 0.4) is 0 Å². The van der Waals surface area contributed by atoms with Crippen molar-refractivity contribution in [1.82, 2.24) is 0 Å². The smallest absolute Gasteiger partial charge is 0.0814 e. The summed E-state index contributed by atoms with van der Waals surface area (Å²) in [6.07, 6.45) is 4.23. The summed E-state index contributed by atoms with van der Waals surface area (Å²) >= 11 is 0. The molecule has 0 radical (unpaired) electrons. The van der Waals surface area contributed by atoms with Gasteiger partial charge in [-0.3, -0.25) is 0 Å². The molecule has 1 atom stereocenters. The van der Waals surface area contributed by atoms with Crippen LogP contribution in [-0.4, -0.2) is 17.8 Å². The van der Waals surface area contributed by atoms with Crippen LogP contribution in [0, 0.1) is 0 Å². The number of aliphatic hydroxyl groups excluding tert-OH is 1. The quantitative estimate of drug-likeness (QED) is 0.762. The average Bonchev–Trinajstić information content (AvgIpc) is 2.75. The molecular formula is C13H16O2. The van der Waals surface area contributed by atoms with Gasteiger partial charge in [-0.1, -0.05) is 36.4 Å². The van der Waals surface area contributed by atoms with E-state index in [1.165, 1.54) is 5.56 Å². The Morgan fingerprint density at radius 3 is 2.80 bits per heavy atom. The second kappa shape index (κ2) is 5.10. The number of aliphatic hydroxyl groups is 1. The van der Waals surface area contributed by atoms with E-state index in [1.807, 2.05) is 18.2 Å². The van der Waals surface area contributed by atoms with E-state index in [2.05, 4.69) is 18.2 Å². The van der Waals surface area contributed by atoms with Crippen LogP contribution in [-0.2, 0) is 11.3 Å². The van der Waals surface area contributed by atoms with Crippen LogP contribution in [0.4, 0.5) is 0 Å². The molecule has 1 aromatic rings. The number of allylic oxidation sites excluding steroid dienone is 1. The second-order valence-electron chi connectivity index (χ2n) is 3.80. The van der Waals surface area contributed by atoms with Crippen molar-refractivity contribution in [2.24, 2.45) is 0 Å². The molecule has 1 unspecified atom stereocenters. The number of benzene rings is 1. The van der Waals surface area contributed by atoms with Crippen LogP contribution in [0.25, 0.3) is 0 Å². The van der Waals surface area contributed by atoms with E-state index >= 15 is 0 Å². The summed E-state index contributed by atoms with van der Waals surface area (Å²) in [5.41, 5.74) is 2.22. The topological polar surface area (TPSA) is 29.5 Å². The molecule has 15 heavy (non-hydrogen) atoms. The molecule has 0 spiro atoms. The van der Waals surface area contributed by atoms with Gasteiger partial charge < -0.3 is 9.84 Å². The van der Waals surface area contributed by atoms with Crippen molar-refractivity contribution in [3.63, 3.8) is 0 Å². The van der Waals surface area contributed by atoms with Gasteiger partial charge in [-0.15, -0.1) is 0 Å². The molecule has 2 rings (SSSR count). The summed E-state index contributed by atoms with van der Waals surface area (Å²) in [4.78, 5) is 0. The minimum absolute atomic E-state index is 0.121. The van der Waals surface area contributed by atoms with E-state index in [-0.39, 0.29) is 12.7 Å². The van der Waals surface area contributed by atoms with Crippen molar-refractivity contribution in [3.8, 4) is 0 Å². The predicted molar refractivity (Wildman–Crippen MR) is 59.4 cm³/mol. The zero-order chi connectivity index (χ0) is 10.5. The Hall–Kier alpha value is -1.12. The zero-order valence-electron chi connectivity index (χ0n) is 8.73. The van der Waals surface area contributed by atoms with Crippen LogP contribution in [0.15, 0.2) is 42.0 Å². The molecule has 2 nitrogen and oxygen atoms in total. The monoisotopic (exact) mass is 204 g/mol. The zero-order valence-corrected chi connectivity index (χ0v) is 8.73. The van der Waals surface area contributed by atoms with E-state index in [4.69, 9.17) is 9.84 Å². The summed E-state index contributed by atoms with van der Waals surface area (Å²) in [7, 11) is 0. The molecule has 0 heterocycles. The highest BCUT2D eigenvalue weighted by molar-refractivity contribution is 5.16. The maximum Gasteiger partial charge on any atom is 0.0814 e. The van der Waals surface area contributed by atoms with Crippen molar-refractivity contribution >= 4 is 0 Å². The van der Waals surface area contributed by atoms with Gasteiger partial charge in [0, 0.05) is 0 Å². The summed E-state index contributed by atoms with van der Waals surface area (Å²) in [6, 6.07) is 10.1. The van der Waals surface area contributed by atoms with Crippen LogP contribution < -0.4 is 0 Å². The van der Waals surface area contributed by atoms with E-state index < -0.39 is 0 Å². The highest BCUT2D eigenvalue weighted by Crippen LogP contribution is 2.22. The third-order valence-electron chi connectivity index (χ3n) is 2.73. The highest BCUT2D eigenvalue weighted by atomic mass is 16.5. The first-order chi connectivity index (χ1) is 7.40. The molecular weight excluding hydrogens is 188 g/mol. The summed E-state index contributed by atoms with van der Waals surface area (Å²) in [5.74, 6) is 0. The van der Waals surface area contributed by atoms with E-state index in [0.717, 1.165) is 18.4 Å². The molecule has 0 aromatic heterocycles. The molecule has 1 aliphatic rings. The molecule has 0 bridgehead atoms. The third-order valence-corrected chi connectivity index (χ3v) is 2.73. The normalized spacial score (nSPS) is 20.3. The van der Waals surface area contributed by atoms with E-state index in [0.29, 0.717) is 6.61 Å². The van der Waals surface area contributed by atoms with Gasteiger partial charge in [-0.2, -0.15) is 0 Å². The Morgan fingerprint density at radius 1 is 1.27 bits per heavy atom. The molecule has 1 aromatic carbocycles. The maximum absolute atomic E-state index is 9.09. The lowest BCUT2D eigenvalue weighted by atomic mass is 10.2. The van der Waals surface area contributed by atoms with Crippen LogP contribution in [0.1, 0.15) is 18.4 Å². The lowest BCUT2D eigenvalue weighted by molar-refractivity contribution is 0.0585. The molecule has 2 heteroatoms. The Bertz CT molecular complexity index is 330. The average molecular weight is 204 g/mol. The highest BCUT2D eigenvalue weighted by Gasteiger charge is 2.18. The van der Waals surface area contributed by atoms with Gasteiger partial charge in [0.1, 0.15) is 0 Å². The maximum atomic E-state index is 9.09. The van der Waals surface area contributed by atoms with Crippen LogP contribution in [0.5, 0.6) is 0 Å². The fraction of sp³-hybridized carbons (Fsp3) is 0.385. The molecule has 1 aliphatic carbocycles. The van der Waals surface area contributed by atoms with Gasteiger partial charge in [0.15, 0.2) is 0 Å². The molecule has 0 aliphatic heterocycles. The minimum Gasteiger partial charge on any atom is -0.392 e. The van der Waals surface area contributed by atoms with Crippen molar-refractivity contribution in [3.05, 3.63) is 47.5 Å². The van der Waals surface area contributed by atoms with Gasteiger partial charge in [-0.25, -0.2) is 0 Å². The number of rotatable bonds is 4. The Balaban J connectivity index is 1.86. The number of hydrogen-bond donors (Lipinski definition) is 1. The van der Waals surface area contributed by atoms with E-state index in [9.17, 15) is 0 Å². The SMILES string of the molecule is OCC1=CCCC1OCc1ccccc1. The molecule has 1 N–H and O–H groups in total. The van der Waals surface area contributed by atoms with Gasteiger partial charge in [0.05, 0.1) is 19.3 Å². The Kier molecular flexibility index (Phi) is 3.54. The minimum atomic E-state index is 0.121. The Morgan fingerprint density at radius 2 is 2.07 bits per heavy atom. The second-order valence-corrected chi connectivity index (χ2v) is 3.80. The van der Waals surface area contributed by atoms with Crippen molar-refractivity contribution in [2.75, 3.05) is 6.61 Å². The van der Waals surface area contributed by atoms with Crippen molar-refractivity contribution < 1.29 is 9.84 Å². The predicted octanol–water partition coefficient (Wildman–Crippen LogP) is 2.28. The molecule has 0 saturated carbocycles.